The highest BCUT2D eigenvalue weighted by Gasteiger charge is 2.24. The first kappa shape index (κ1) is 19.3. The van der Waals surface area contributed by atoms with Crippen LogP contribution in [0.15, 0.2) is 12.7 Å². The highest BCUT2D eigenvalue weighted by molar-refractivity contribution is 8.00. The SMILES string of the molecule is C=CCNC(=O)CSCC(NC(=O)OC(C)(C)C)C(=O)O. The second-order valence-corrected chi connectivity index (χ2v) is 6.18. The van der Waals surface area contributed by atoms with Crippen molar-refractivity contribution in [2.24, 2.45) is 0 Å². The number of nitrogens with one attached hydrogen (secondary N) is 2. The number of ether oxygens (including phenoxy) is 1. The Morgan fingerprint density at radius 1 is 1.38 bits per heavy atom. The van der Waals surface area contributed by atoms with Crippen molar-refractivity contribution in [3.63, 3.8) is 0 Å². The van der Waals surface area contributed by atoms with Crippen molar-refractivity contribution < 1.29 is 24.2 Å². The van der Waals surface area contributed by atoms with Crippen molar-refractivity contribution in [3.8, 4) is 0 Å². The summed E-state index contributed by atoms with van der Waals surface area (Å²) in [7, 11) is 0. The molecule has 0 radical (unpaired) electrons. The van der Waals surface area contributed by atoms with E-state index in [0.29, 0.717) is 6.54 Å². The number of rotatable bonds is 8. The molecule has 0 aliphatic heterocycles. The molecule has 21 heavy (non-hydrogen) atoms. The lowest BCUT2D eigenvalue weighted by Gasteiger charge is -2.21. The van der Waals surface area contributed by atoms with Crippen molar-refractivity contribution in [3.05, 3.63) is 12.7 Å². The molecule has 120 valence electrons. The number of carboxylic acids is 1. The fraction of sp³-hybridized carbons (Fsp3) is 0.615. The molecular formula is C13H22N2O5S. The predicted molar refractivity (Wildman–Crippen MR) is 81.3 cm³/mol. The summed E-state index contributed by atoms with van der Waals surface area (Å²) in [4.78, 5) is 33.9. The van der Waals surface area contributed by atoms with Gasteiger partial charge in [0.2, 0.25) is 5.91 Å². The first-order valence-corrected chi connectivity index (χ1v) is 7.49. The van der Waals surface area contributed by atoms with Crippen LogP contribution in [-0.2, 0) is 14.3 Å². The topological polar surface area (TPSA) is 105 Å². The van der Waals surface area contributed by atoms with Gasteiger partial charge in [0.05, 0.1) is 5.75 Å². The van der Waals surface area contributed by atoms with Crippen LogP contribution >= 0.6 is 11.8 Å². The van der Waals surface area contributed by atoms with Crippen molar-refractivity contribution >= 4 is 29.7 Å². The van der Waals surface area contributed by atoms with Gasteiger partial charge in [-0.15, -0.1) is 18.3 Å². The number of hydrogen-bond acceptors (Lipinski definition) is 5. The highest BCUT2D eigenvalue weighted by Crippen LogP contribution is 2.08. The van der Waals surface area contributed by atoms with Gasteiger partial charge in [-0.3, -0.25) is 4.79 Å². The van der Waals surface area contributed by atoms with Gasteiger partial charge in [0, 0.05) is 12.3 Å². The van der Waals surface area contributed by atoms with Crippen LogP contribution in [0.4, 0.5) is 4.79 Å². The van der Waals surface area contributed by atoms with E-state index in [2.05, 4.69) is 17.2 Å². The molecule has 0 fully saturated rings. The number of alkyl carbamates (subject to hydrolysis) is 1. The Labute approximate surface area is 128 Å². The molecule has 0 aromatic carbocycles. The molecule has 0 aromatic rings. The van der Waals surface area contributed by atoms with Crippen molar-refractivity contribution in [1.82, 2.24) is 10.6 Å². The Hall–Kier alpha value is -1.70. The van der Waals surface area contributed by atoms with Crippen LogP contribution < -0.4 is 10.6 Å². The Kier molecular flexibility index (Phi) is 8.52. The average molecular weight is 318 g/mol. The number of carboxylic acid groups (broad SMARTS) is 1. The van der Waals surface area contributed by atoms with E-state index in [0.717, 1.165) is 11.8 Å². The molecule has 0 saturated carbocycles. The smallest absolute Gasteiger partial charge is 0.408 e. The van der Waals surface area contributed by atoms with Gasteiger partial charge in [-0.2, -0.15) is 0 Å². The van der Waals surface area contributed by atoms with Crippen LogP contribution in [0.25, 0.3) is 0 Å². The Balaban J connectivity index is 4.20. The van der Waals surface area contributed by atoms with E-state index in [-0.39, 0.29) is 17.4 Å². The van der Waals surface area contributed by atoms with Gasteiger partial charge < -0.3 is 20.5 Å². The lowest BCUT2D eigenvalue weighted by Crippen LogP contribution is -2.45. The molecule has 0 heterocycles. The van der Waals surface area contributed by atoms with E-state index in [1.54, 1.807) is 26.8 Å². The van der Waals surface area contributed by atoms with E-state index in [9.17, 15) is 14.4 Å². The minimum atomic E-state index is -1.18. The van der Waals surface area contributed by atoms with E-state index in [1.165, 1.54) is 0 Å². The van der Waals surface area contributed by atoms with Crippen LogP contribution in [0.3, 0.4) is 0 Å². The van der Waals surface area contributed by atoms with E-state index in [1.807, 2.05) is 0 Å². The number of amides is 2. The zero-order chi connectivity index (χ0) is 16.5. The summed E-state index contributed by atoms with van der Waals surface area (Å²) in [5, 5.41) is 13.9. The molecule has 8 heteroatoms. The summed E-state index contributed by atoms with van der Waals surface area (Å²) in [6, 6.07) is -1.11. The molecule has 0 bridgehead atoms. The van der Waals surface area contributed by atoms with Crippen LogP contribution in [0.2, 0.25) is 0 Å². The zero-order valence-electron chi connectivity index (χ0n) is 12.5. The third-order valence-corrected chi connectivity index (χ3v) is 2.99. The van der Waals surface area contributed by atoms with Gasteiger partial charge in [0.25, 0.3) is 0 Å². The molecule has 0 saturated heterocycles. The monoisotopic (exact) mass is 318 g/mol. The van der Waals surface area contributed by atoms with Crippen LogP contribution in [0.5, 0.6) is 0 Å². The molecule has 1 atom stereocenters. The third-order valence-electron chi connectivity index (χ3n) is 1.95. The quantitative estimate of drug-likeness (QED) is 0.577. The highest BCUT2D eigenvalue weighted by atomic mass is 32.2. The Morgan fingerprint density at radius 2 is 2.00 bits per heavy atom. The van der Waals surface area contributed by atoms with Gasteiger partial charge in [0.1, 0.15) is 11.6 Å². The third kappa shape index (κ3) is 10.7. The summed E-state index contributed by atoms with van der Waals surface area (Å²) in [5.41, 5.74) is -0.704. The lowest BCUT2D eigenvalue weighted by atomic mass is 10.2. The van der Waals surface area contributed by atoms with E-state index < -0.39 is 23.7 Å². The van der Waals surface area contributed by atoms with E-state index >= 15 is 0 Å². The first-order chi connectivity index (χ1) is 9.65. The number of carbonyl (C=O) groups is 3. The van der Waals surface area contributed by atoms with Gasteiger partial charge in [-0.25, -0.2) is 9.59 Å². The average Bonchev–Trinajstić information content (AvgIpc) is 2.32. The van der Waals surface area contributed by atoms with Gasteiger partial charge in [0.15, 0.2) is 0 Å². The number of aliphatic carboxylic acids is 1. The fourth-order valence-corrected chi connectivity index (χ4v) is 2.00. The molecule has 2 amide bonds. The normalized spacial score (nSPS) is 12.1. The van der Waals surface area contributed by atoms with Crippen molar-refractivity contribution in [2.45, 2.75) is 32.4 Å². The molecule has 0 aliphatic carbocycles. The van der Waals surface area contributed by atoms with Crippen LogP contribution in [-0.4, -0.2) is 52.8 Å². The van der Waals surface area contributed by atoms with Crippen LogP contribution in [0.1, 0.15) is 20.8 Å². The second kappa shape index (κ2) is 9.28. The van der Waals surface area contributed by atoms with E-state index in [4.69, 9.17) is 9.84 Å². The predicted octanol–water partition coefficient (Wildman–Crippen LogP) is 1.000. The first-order valence-electron chi connectivity index (χ1n) is 6.33. The fourth-order valence-electron chi connectivity index (χ4n) is 1.13. The van der Waals surface area contributed by atoms with Gasteiger partial charge >= 0.3 is 12.1 Å². The minimum absolute atomic E-state index is 0.0656. The van der Waals surface area contributed by atoms with Gasteiger partial charge in [-0.05, 0) is 20.8 Å². The molecule has 0 aliphatic rings. The molecular weight excluding hydrogens is 296 g/mol. The zero-order valence-corrected chi connectivity index (χ0v) is 13.3. The van der Waals surface area contributed by atoms with Gasteiger partial charge in [-0.1, -0.05) is 6.08 Å². The van der Waals surface area contributed by atoms with Crippen molar-refractivity contribution in [1.29, 1.82) is 0 Å². The summed E-state index contributed by atoms with van der Waals surface area (Å²) in [5.74, 6) is -1.23. The summed E-state index contributed by atoms with van der Waals surface area (Å²) in [6.45, 7) is 8.87. The maximum atomic E-state index is 11.5. The standard InChI is InChI=1S/C13H22N2O5S/c1-5-6-14-10(16)8-21-7-9(11(17)18)15-12(19)20-13(2,3)4/h5,9H,1,6-8H2,2-4H3,(H,14,16)(H,15,19)(H,17,18). The van der Waals surface area contributed by atoms with Crippen molar-refractivity contribution in [2.75, 3.05) is 18.1 Å². The van der Waals surface area contributed by atoms with Crippen LogP contribution in [0, 0.1) is 0 Å². The Morgan fingerprint density at radius 3 is 2.48 bits per heavy atom. The summed E-state index contributed by atoms with van der Waals surface area (Å²) in [6.07, 6.45) is 0.749. The molecule has 7 nitrogen and oxygen atoms in total. The maximum Gasteiger partial charge on any atom is 0.408 e. The number of carbonyl (C=O) groups excluding carboxylic acids is 2. The molecule has 0 aromatic heterocycles. The summed E-state index contributed by atoms with van der Waals surface area (Å²) < 4.78 is 4.99. The largest absolute Gasteiger partial charge is 0.480 e. The molecule has 1 unspecified atom stereocenters. The minimum Gasteiger partial charge on any atom is -0.480 e. The Bertz CT molecular complexity index is 393. The number of hydrogen-bond donors (Lipinski definition) is 3. The molecule has 3 N–H and O–H groups in total. The molecule has 0 rings (SSSR count). The number of thioether (sulfide) groups is 1. The maximum absolute atomic E-state index is 11.5. The molecule has 0 spiro atoms. The summed E-state index contributed by atoms with van der Waals surface area (Å²) >= 11 is 1.11. The second-order valence-electron chi connectivity index (χ2n) is 5.14. The lowest BCUT2D eigenvalue weighted by molar-refractivity contribution is -0.138.